The number of benzene rings is 1. The highest BCUT2D eigenvalue weighted by atomic mass is 19.1. The van der Waals surface area contributed by atoms with Gasteiger partial charge in [-0.25, -0.2) is 8.78 Å². The van der Waals surface area contributed by atoms with E-state index in [0.717, 1.165) is 18.2 Å². The molecular formula is C12H12F2O2. The van der Waals surface area contributed by atoms with Crippen LogP contribution in [-0.2, 0) is 4.74 Å². The van der Waals surface area contributed by atoms with E-state index in [2.05, 4.69) is 6.58 Å². The van der Waals surface area contributed by atoms with Crippen LogP contribution in [0, 0.1) is 11.6 Å². The highest BCUT2D eigenvalue weighted by Gasteiger charge is 2.12. The molecule has 0 saturated heterocycles. The average Bonchev–Trinajstić information content (AvgIpc) is 2.27. The van der Waals surface area contributed by atoms with Gasteiger partial charge in [-0.2, -0.15) is 0 Å². The van der Waals surface area contributed by atoms with Gasteiger partial charge in [0, 0.05) is 0 Å². The number of carbonyl (C=O) groups excluding carboxylic acids is 1. The van der Waals surface area contributed by atoms with Gasteiger partial charge in [-0.3, -0.25) is 4.79 Å². The second-order valence-electron chi connectivity index (χ2n) is 3.18. The van der Waals surface area contributed by atoms with Crippen LogP contribution in [0.2, 0.25) is 0 Å². The molecule has 0 fully saturated rings. The van der Waals surface area contributed by atoms with Gasteiger partial charge in [-0.15, -0.1) is 6.58 Å². The van der Waals surface area contributed by atoms with Gasteiger partial charge in [0.1, 0.15) is 18.2 Å². The van der Waals surface area contributed by atoms with Crippen LogP contribution < -0.4 is 0 Å². The first-order valence-electron chi connectivity index (χ1n) is 4.82. The molecule has 0 aromatic heterocycles. The third-order valence-corrected chi connectivity index (χ3v) is 1.93. The van der Waals surface area contributed by atoms with Crippen LogP contribution in [0.25, 0.3) is 0 Å². The smallest absolute Gasteiger partial charge is 0.191 e. The molecule has 0 atom stereocenters. The minimum Gasteiger partial charge on any atom is -0.373 e. The first-order chi connectivity index (χ1) is 7.65. The molecule has 4 heteroatoms. The van der Waals surface area contributed by atoms with E-state index in [1.165, 1.54) is 0 Å². The van der Waals surface area contributed by atoms with Crippen LogP contribution in [0.1, 0.15) is 16.8 Å². The Balaban J connectivity index is 2.58. The van der Waals surface area contributed by atoms with Gasteiger partial charge in [0.25, 0.3) is 0 Å². The molecule has 0 heterocycles. The van der Waals surface area contributed by atoms with Crippen molar-refractivity contribution in [1.82, 2.24) is 0 Å². The maximum atomic E-state index is 13.1. The summed E-state index contributed by atoms with van der Waals surface area (Å²) in [5.74, 6) is -1.95. The minimum atomic E-state index is -0.737. The summed E-state index contributed by atoms with van der Waals surface area (Å²) in [6.07, 6.45) is 2.26. The van der Waals surface area contributed by atoms with E-state index in [-0.39, 0.29) is 12.2 Å². The molecule has 2 nitrogen and oxygen atoms in total. The minimum absolute atomic E-state index is 0.256. The molecule has 0 amide bonds. The van der Waals surface area contributed by atoms with E-state index in [0.29, 0.717) is 13.0 Å². The molecule has 0 bridgehead atoms. The number of carbonyl (C=O) groups is 1. The van der Waals surface area contributed by atoms with Gasteiger partial charge in [0.2, 0.25) is 0 Å². The first kappa shape index (κ1) is 12.5. The van der Waals surface area contributed by atoms with Crippen LogP contribution in [0.5, 0.6) is 0 Å². The zero-order valence-corrected chi connectivity index (χ0v) is 8.71. The first-order valence-corrected chi connectivity index (χ1v) is 4.82. The molecule has 16 heavy (non-hydrogen) atoms. The Bertz CT molecular complexity index is 389. The van der Waals surface area contributed by atoms with Gasteiger partial charge >= 0.3 is 0 Å². The number of Topliss-reactive ketones (excluding diaryl/α,β-unsaturated/α-hetero) is 1. The number of rotatable bonds is 6. The molecule has 0 saturated carbocycles. The van der Waals surface area contributed by atoms with E-state index < -0.39 is 17.4 Å². The van der Waals surface area contributed by atoms with Gasteiger partial charge in [0.05, 0.1) is 12.2 Å². The number of halogens is 2. The van der Waals surface area contributed by atoms with Crippen LogP contribution in [0.15, 0.2) is 30.9 Å². The van der Waals surface area contributed by atoms with Crippen LogP contribution >= 0.6 is 0 Å². The zero-order chi connectivity index (χ0) is 12.0. The van der Waals surface area contributed by atoms with Gasteiger partial charge < -0.3 is 4.74 Å². The van der Waals surface area contributed by atoms with Crippen LogP contribution in [-0.4, -0.2) is 19.0 Å². The molecule has 1 aromatic carbocycles. The Morgan fingerprint density at radius 1 is 1.44 bits per heavy atom. The number of hydrogen-bond acceptors (Lipinski definition) is 2. The zero-order valence-electron chi connectivity index (χ0n) is 8.71. The molecular weight excluding hydrogens is 214 g/mol. The standard InChI is InChI=1S/C12H12F2O2/c1-2-3-6-16-8-12(15)10-7-9(13)4-5-11(10)14/h2,4-5,7H,1,3,6,8H2. The topological polar surface area (TPSA) is 26.3 Å². The maximum Gasteiger partial charge on any atom is 0.191 e. The summed E-state index contributed by atoms with van der Waals surface area (Å²) in [7, 11) is 0. The van der Waals surface area contributed by atoms with Crippen LogP contribution in [0.3, 0.4) is 0 Å². The van der Waals surface area contributed by atoms with Crippen molar-refractivity contribution >= 4 is 5.78 Å². The van der Waals surface area contributed by atoms with Crippen molar-refractivity contribution in [3.05, 3.63) is 48.1 Å². The Morgan fingerprint density at radius 2 is 2.19 bits per heavy atom. The second kappa shape index (κ2) is 6.12. The van der Waals surface area contributed by atoms with Crippen LogP contribution in [0.4, 0.5) is 8.78 Å². The predicted molar refractivity (Wildman–Crippen MR) is 56.3 cm³/mol. The quantitative estimate of drug-likeness (QED) is 0.423. The van der Waals surface area contributed by atoms with Crippen molar-refractivity contribution in [3.8, 4) is 0 Å². The van der Waals surface area contributed by atoms with Crippen molar-refractivity contribution < 1.29 is 18.3 Å². The van der Waals surface area contributed by atoms with Crippen molar-refractivity contribution in [1.29, 1.82) is 0 Å². The summed E-state index contributed by atoms with van der Waals surface area (Å²) in [5, 5.41) is 0. The highest BCUT2D eigenvalue weighted by Crippen LogP contribution is 2.10. The number of ether oxygens (including phenoxy) is 1. The lowest BCUT2D eigenvalue weighted by atomic mass is 10.1. The van der Waals surface area contributed by atoms with E-state index in [1.807, 2.05) is 0 Å². The molecule has 1 rings (SSSR count). The number of ketones is 1. The SMILES string of the molecule is C=CCCOCC(=O)c1cc(F)ccc1F. The lowest BCUT2D eigenvalue weighted by Crippen LogP contribution is -2.11. The molecule has 0 unspecified atom stereocenters. The van der Waals surface area contributed by atoms with Crippen molar-refractivity contribution in [3.63, 3.8) is 0 Å². The Hall–Kier alpha value is -1.55. The molecule has 1 aromatic rings. The predicted octanol–water partition coefficient (Wildman–Crippen LogP) is 2.74. The molecule has 86 valence electrons. The third-order valence-electron chi connectivity index (χ3n) is 1.93. The summed E-state index contributed by atoms with van der Waals surface area (Å²) in [6.45, 7) is 3.57. The van der Waals surface area contributed by atoms with Gasteiger partial charge in [-0.1, -0.05) is 6.08 Å². The highest BCUT2D eigenvalue weighted by molar-refractivity contribution is 5.97. The van der Waals surface area contributed by atoms with E-state index in [4.69, 9.17) is 4.74 Å². The van der Waals surface area contributed by atoms with E-state index in [1.54, 1.807) is 6.08 Å². The average molecular weight is 226 g/mol. The molecule has 0 N–H and O–H groups in total. The van der Waals surface area contributed by atoms with Gasteiger partial charge in [0.15, 0.2) is 5.78 Å². The monoisotopic (exact) mass is 226 g/mol. The van der Waals surface area contributed by atoms with Crippen molar-refractivity contribution in [2.45, 2.75) is 6.42 Å². The Kier molecular flexibility index (Phi) is 4.79. The third kappa shape index (κ3) is 3.55. The fourth-order valence-corrected chi connectivity index (χ4v) is 1.12. The van der Waals surface area contributed by atoms with Gasteiger partial charge in [-0.05, 0) is 24.6 Å². The number of hydrogen-bond donors (Lipinski definition) is 0. The molecule has 0 spiro atoms. The van der Waals surface area contributed by atoms with Crippen molar-refractivity contribution in [2.24, 2.45) is 0 Å². The Morgan fingerprint density at radius 3 is 2.88 bits per heavy atom. The summed E-state index contributed by atoms with van der Waals surface area (Å²) < 4.78 is 30.9. The largest absolute Gasteiger partial charge is 0.373 e. The second-order valence-corrected chi connectivity index (χ2v) is 3.18. The molecule has 0 aliphatic rings. The molecule has 0 radical (unpaired) electrons. The summed E-state index contributed by atoms with van der Waals surface area (Å²) >= 11 is 0. The summed E-state index contributed by atoms with van der Waals surface area (Å²) in [5.41, 5.74) is -0.279. The van der Waals surface area contributed by atoms with E-state index in [9.17, 15) is 13.6 Å². The molecule has 0 aliphatic carbocycles. The summed E-state index contributed by atoms with van der Waals surface area (Å²) in [6, 6.07) is 2.76. The fourth-order valence-electron chi connectivity index (χ4n) is 1.12. The fraction of sp³-hybridized carbons (Fsp3) is 0.250. The Labute approximate surface area is 92.5 Å². The van der Waals surface area contributed by atoms with E-state index >= 15 is 0 Å². The lowest BCUT2D eigenvalue weighted by molar-refractivity contribution is 0.0764. The maximum absolute atomic E-state index is 13.1. The lowest BCUT2D eigenvalue weighted by Gasteiger charge is -2.03. The van der Waals surface area contributed by atoms with Crippen molar-refractivity contribution in [2.75, 3.05) is 13.2 Å². The molecule has 0 aliphatic heterocycles. The summed E-state index contributed by atoms with van der Waals surface area (Å²) in [4.78, 5) is 11.4. The normalized spacial score (nSPS) is 10.1.